The predicted molar refractivity (Wildman–Crippen MR) is 105 cm³/mol. The van der Waals surface area contributed by atoms with Gasteiger partial charge in [-0.25, -0.2) is 13.1 Å². The Hall–Kier alpha value is -1.11. The van der Waals surface area contributed by atoms with Crippen molar-refractivity contribution in [2.45, 2.75) is 69.7 Å². The van der Waals surface area contributed by atoms with E-state index in [0.29, 0.717) is 10.6 Å². The maximum absolute atomic E-state index is 12.8. The monoisotopic (exact) mass is 400 g/mol. The maximum Gasteiger partial charge on any atom is 0.241 e. The third-order valence-electron chi connectivity index (χ3n) is 4.72. The van der Waals surface area contributed by atoms with E-state index in [0.717, 1.165) is 38.8 Å². The molecule has 5 nitrogen and oxygen atoms in total. The van der Waals surface area contributed by atoms with E-state index in [1.807, 2.05) is 4.90 Å². The molecule has 1 fully saturated rings. The van der Waals surface area contributed by atoms with Crippen LogP contribution in [0.15, 0.2) is 23.1 Å². The number of nitrogens with one attached hydrogen (secondary N) is 1. The number of carbonyl (C=O) groups excluding carboxylic acids is 1. The van der Waals surface area contributed by atoms with Crippen molar-refractivity contribution >= 4 is 27.5 Å². The van der Waals surface area contributed by atoms with Crippen LogP contribution in [0.2, 0.25) is 5.02 Å². The molecule has 0 unspecified atom stereocenters. The molecule has 146 valence electrons. The minimum Gasteiger partial charge on any atom is -0.343 e. The zero-order valence-corrected chi connectivity index (χ0v) is 17.4. The molecule has 1 amide bonds. The minimum atomic E-state index is -3.77. The number of carbonyl (C=O) groups is 1. The van der Waals surface area contributed by atoms with Gasteiger partial charge in [-0.15, -0.1) is 0 Å². The number of sulfonamides is 1. The molecule has 1 aliphatic heterocycles. The second-order valence-corrected chi connectivity index (χ2v) is 9.74. The second-order valence-electron chi connectivity index (χ2n) is 7.68. The van der Waals surface area contributed by atoms with Crippen LogP contribution in [0.5, 0.6) is 0 Å². The van der Waals surface area contributed by atoms with Crippen molar-refractivity contribution < 1.29 is 13.2 Å². The van der Waals surface area contributed by atoms with Crippen molar-refractivity contribution in [3.8, 4) is 0 Å². The molecule has 0 bridgehead atoms. The average molecular weight is 401 g/mol. The molecular formula is C19H29ClN2O3S. The Morgan fingerprint density at radius 3 is 2.35 bits per heavy atom. The first-order valence-corrected chi connectivity index (χ1v) is 11.1. The standard InChI is InChI=1S/C19H29ClN2O3S/c1-15-16(20)10-9-11-17(15)26(24,25)21-19(2,3)14-18(23)22-12-7-5-4-6-8-13-22/h9-11,21H,4-8,12-14H2,1-3H3. The lowest BCUT2D eigenvalue weighted by Gasteiger charge is -2.31. The molecule has 0 spiro atoms. The summed E-state index contributed by atoms with van der Waals surface area (Å²) in [5.74, 6) is 0.00224. The molecule has 0 saturated carbocycles. The molecule has 1 N–H and O–H groups in total. The fourth-order valence-electron chi connectivity index (χ4n) is 3.32. The van der Waals surface area contributed by atoms with Gasteiger partial charge in [-0.05, 0) is 51.3 Å². The van der Waals surface area contributed by atoms with E-state index >= 15 is 0 Å². The van der Waals surface area contributed by atoms with E-state index in [2.05, 4.69) is 4.72 Å². The van der Waals surface area contributed by atoms with Crippen LogP contribution < -0.4 is 4.72 Å². The van der Waals surface area contributed by atoms with Gasteiger partial charge in [0, 0.05) is 30.1 Å². The van der Waals surface area contributed by atoms with Crippen molar-refractivity contribution in [3.63, 3.8) is 0 Å². The Kier molecular flexibility index (Phi) is 7.11. The SMILES string of the molecule is Cc1c(Cl)cccc1S(=O)(=O)NC(C)(C)CC(=O)N1CCCCCCC1. The van der Waals surface area contributed by atoms with Gasteiger partial charge in [0.2, 0.25) is 15.9 Å². The Balaban J connectivity index is 2.09. The third-order valence-corrected chi connectivity index (χ3v) is 6.97. The largest absolute Gasteiger partial charge is 0.343 e. The quantitative estimate of drug-likeness (QED) is 0.815. The zero-order chi connectivity index (χ0) is 19.4. The Morgan fingerprint density at radius 2 is 1.73 bits per heavy atom. The second kappa shape index (κ2) is 8.72. The summed E-state index contributed by atoms with van der Waals surface area (Å²) in [7, 11) is -3.77. The van der Waals surface area contributed by atoms with E-state index in [1.165, 1.54) is 12.5 Å². The van der Waals surface area contributed by atoms with Gasteiger partial charge in [-0.1, -0.05) is 36.9 Å². The van der Waals surface area contributed by atoms with Gasteiger partial charge in [-0.2, -0.15) is 0 Å². The summed E-state index contributed by atoms with van der Waals surface area (Å²) in [4.78, 5) is 14.7. The maximum atomic E-state index is 12.8. The van der Waals surface area contributed by atoms with Crippen LogP contribution >= 0.6 is 11.6 Å². The number of halogens is 1. The molecular weight excluding hydrogens is 372 g/mol. The van der Waals surface area contributed by atoms with Crippen LogP contribution in [0.1, 0.15) is 57.9 Å². The summed E-state index contributed by atoms with van der Waals surface area (Å²) in [6, 6.07) is 4.80. The lowest BCUT2D eigenvalue weighted by atomic mass is 10.0. The number of rotatable bonds is 5. The molecule has 1 aromatic carbocycles. The molecule has 1 aliphatic rings. The number of hydrogen-bond acceptors (Lipinski definition) is 3. The van der Waals surface area contributed by atoms with E-state index in [-0.39, 0.29) is 17.2 Å². The summed E-state index contributed by atoms with van der Waals surface area (Å²) in [5, 5.41) is 0.405. The first kappa shape index (κ1) is 21.2. The minimum absolute atomic E-state index is 0.00224. The molecule has 7 heteroatoms. The lowest BCUT2D eigenvalue weighted by molar-refractivity contribution is -0.132. The van der Waals surface area contributed by atoms with Gasteiger partial charge in [0.1, 0.15) is 0 Å². The summed E-state index contributed by atoms with van der Waals surface area (Å²) >= 11 is 6.05. The molecule has 0 aromatic heterocycles. The highest BCUT2D eigenvalue weighted by atomic mass is 35.5. The summed E-state index contributed by atoms with van der Waals surface area (Å²) in [6.07, 6.45) is 5.68. The average Bonchev–Trinajstić information content (AvgIpc) is 2.47. The van der Waals surface area contributed by atoms with Gasteiger partial charge in [0.25, 0.3) is 0 Å². The van der Waals surface area contributed by atoms with Gasteiger partial charge < -0.3 is 4.90 Å². The Labute approximate surface area is 162 Å². The highest BCUT2D eigenvalue weighted by molar-refractivity contribution is 7.89. The molecule has 2 rings (SSSR count). The highest BCUT2D eigenvalue weighted by Gasteiger charge is 2.31. The van der Waals surface area contributed by atoms with Crippen molar-refractivity contribution in [1.29, 1.82) is 0 Å². The molecule has 0 aliphatic carbocycles. The predicted octanol–water partition coefficient (Wildman–Crippen LogP) is 3.89. The first-order valence-electron chi connectivity index (χ1n) is 9.19. The Bertz CT molecular complexity index is 739. The fourth-order valence-corrected chi connectivity index (χ4v) is 5.23. The zero-order valence-electron chi connectivity index (χ0n) is 15.8. The van der Waals surface area contributed by atoms with Crippen LogP contribution in [0.25, 0.3) is 0 Å². The van der Waals surface area contributed by atoms with E-state index in [4.69, 9.17) is 11.6 Å². The third kappa shape index (κ3) is 5.69. The smallest absolute Gasteiger partial charge is 0.241 e. The molecule has 0 atom stereocenters. The van der Waals surface area contributed by atoms with Crippen molar-refractivity contribution in [3.05, 3.63) is 28.8 Å². The normalized spacial score (nSPS) is 16.8. The van der Waals surface area contributed by atoms with Gasteiger partial charge in [0.05, 0.1) is 4.90 Å². The van der Waals surface area contributed by atoms with E-state index in [1.54, 1.807) is 32.9 Å². The topological polar surface area (TPSA) is 66.5 Å². The molecule has 26 heavy (non-hydrogen) atoms. The summed E-state index contributed by atoms with van der Waals surface area (Å²) < 4.78 is 28.2. The van der Waals surface area contributed by atoms with Gasteiger partial charge >= 0.3 is 0 Å². The lowest BCUT2D eigenvalue weighted by Crippen LogP contribution is -2.48. The van der Waals surface area contributed by atoms with Crippen LogP contribution in [-0.4, -0.2) is 37.9 Å². The van der Waals surface area contributed by atoms with Gasteiger partial charge in [0.15, 0.2) is 0 Å². The molecule has 1 aromatic rings. The first-order chi connectivity index (χ1) is 12.1. The molecule has 0 radical (unpaired) electrons. The fraction of sp³-hybridized carbons (Fsp3) is 0.632. The number of benzene rings is 1. The van der Waals surface area contributed by atoms with Crippen LogP contribution in [0.4, 0.5) is 0 Å². The van der Waals surface area contributed by atoms with Crippen LogP contribution in [0, 0.1) is 6.92 Å². The number of amides is 1. The number of nitrogens with zero attached hydrogens (tertiary/aromatic N) is 1. The van der Waals surface area contributed by atoms with Crippen molar-refractivity contribution in [2.24, 2.45) is 0 Å². The number of likely N-dealkylation sites (tertiary alicyclic amines) is 1. The summed E-state index contributed by atoms with van der Waals surface area (Å²) in [5.41, 5.74) is -0.375. The molecule has 1 saturated heterocycles. The van der Waals surface area contributed by atoms with Crippen LogP contribution in [0.3, 0.4) is 0 Å². The highest BCUT2D eigenvalue weighted by Crippen LogP contribution is 2.25. The van der Waals surface area contributed by atoms with Crippen molar-refractivity contribution in [2.75, 3.05) is 13.1 Å². The molecule has 1 heterocycles. The van der Waals surface area contributed by atoms with Crippen molar-refractivity contribution in [1.82, 2.24) is 9.62 Å². The number of hydrogen-bond donors (Lipinski definition) is 1. The van der Waals surface area contributed by atoms with Crippen LogP contribution in [-0.2, 0) is 14.8 Å². The van der Waals surface area contributed by atoms with E-state index < -0.39 is 15.6 Å². The van der Waals surface area contributed by atoms with Gasteiger partial charge in [-0.3, -0.25) is 4.79 Å². The van der Waals surface area contributed by atoms with E-state index in [9.17, 15) is 13.2 Å². The summed E-state index contributed by atoms with van der Waals surface area (Å²) in [6.45, 7) is 6.68. The Morgan fingerprint density at radius 1 is 1.15 bits per heavy atom.